The van der Waals surface area contributed by atoms with Crippen LogP contribution < -0.4 is 0 Å². The fourth-order valence-electron chi connectivity index (χ4n) is 2.79. The third kappa shape index (κ3) is 3.62. The van der Waals surface area contributed by atoms with Gasteiger partial charge in [0.05, 0.1) is 12.4 Å². The number of oxazole rings is 1. The van der Waals surface area contributed by atoms with E-state index in [1.54, 1.807) is 7.11 Å². The summed E-state index contributed by atoms with van der Waals surface area (Å²) in [6.45, 7) is 2.36. The highest BCUT2D eigenvalue weighted by atomic mass is 32.2. The van der Waals surface area contributed by atoms with Crippen LogP contribution in [0.25, 0.3) is 11.1 Å². The Hall–Kier alpha value is -1.53. The number of amides is 1. The van der Waals surface area contributed by atoms with Crippen molar-refractivity contribution in [1.29, 1.82) is 0 Å². The molecule has 118 valence electrons. The summed E-state index contributed by atoms with van der Waals surface area (Å²) in [4.78, 5) is 18.6. The Labute approximate surface area is 134 Å². The van der Waals surface area contributed by atoms with Crippen LogP contribution in [0.5, 0.6) is 0 Å². The number of aromatic nitrogens is 1. The Morgan fingerprint density at radius 2 is 2.36 bits per heavy atom. The van der Waals surface area contributed by atoms with Crippen LogP contribution in [0.4, 0.5) is 0 Å². The number of carbonyl (C=O) groups is 1. The van der Waals surface area contributed by atoms with Gasteiger partial charge in [-0.2, -0.15) is 0 Å². The number of rotatable bonds is 5. The van der Waals surface area contributed by atoms with E-state index in [4.69, 9.17) is 9.15 Å². The highest BCUT2D eigenvalue weighted by Crippen LogP contribution is 2.24. The van der Waals surface area contributed by atoms with E-state index in [1.807, 2.05) is 29.2 Å². The van der Waals surface area contributed by atoms with Crippen molar-refractivity contribution in [3.63, 3.8) is 0 Å². The zero-order valence-corrected chi connectivity index (χ0v) is 13.5. The molecule has 1 amide bonds. The Bertz CT molecular complexity index is 608. The van der Waals surface area contributed by atoms with Gasteiger partial charge in [-0.3, -0.25) is 4.79 Å². The van der Waals surface area contributed by atoms with Crippen molar-refractivity contribution in [1.82, 2.24) is 9.88 Å². The van der Waals surface area contributed by atoms with Gasteiger partial charge in [-0.1, -0.05) is 23.9 Å². The van der Waals surface area contributed by atoms with Gasteiger partial charge in [0.1, 0.15) is 5.52 Å². The van der Waals surface area contributed by atoms with Crippen LogP contribution in [-0.2, 0) is 9.53 Å². The number of likely N-dealkylation sites (tertiary alicyclic amines) is 1. The van der Waals surface area contributed by atoms with E-state index < -0.39 is 0 Å². The normalized spacial score (nSPS) is 18.8. The predicted octanol–water partition coefficient (Wildman–Crippen LogP) is 2.80. The van der Waals surface area contributed by atoms with E-state index in [0.717, 1.165) is 43.6 Å². The minimum Gasteiger partial charge on any atom is -0.431 e. The van der Waals surface area contributed by atoms with Crippen molar-refractivity contribution in [3.05, 3.63) is 24.3 Å². The Morgan fingerprint density at radius 1 is 1.50 bits per heavy atom. The SMILES string of the molecule is COCC1CCCN(C(=O)CSc2nc3ccccc3o2)C1. The molecule has 22 heavy (non-hydrogen) atoms. The molecule has 1 aliphatic heterocycles. The molecule has 1 atom stereocenters. The average molecular weight is 320 g/mol. The van der Waals surface area contributed by atoms with Gasteiger partial charge in [-0.15, -0.1) is 0 Å². The highest BCUT2D eigenvalue weighted by molar-refractivity contribution is 7.99. The Balaban J connectivity index is 1.55. The first-order valence-corrected chi connectivity index (χ1v) is 8.50. The first-order valence-electron chi connectivity index (χ1n) is 7.51. The van der Waals surface area contributed by atoms with Gasteiger partial charge in [0.25, 0.3) is 5.22 Å². The molecule has 1 aromatic carbocycles. The Morgan fingerprint density at radius 3 is 3.18 bits per heavy atom. The van der Waals surface area contributed by atoms with E-state index in [9.17, 15) is 4.79 Å². The van der Waals surface area contributed by atoms with Crippen molar-refractivity contribution in [2.45, 2.75) is 18.1 Å². The summed E-state index contributed by atoms with van der Waals surface area (Å²) in [6.07, 6.45) is 2.18. The maximum Gasteiger partial charge on any atom is 0.257 e. The molecule has 0 saturated carbocycles. The minimum absolute atomic E-state index is 0.146. The molecular formula is C16H20N2O3S. The summed E-state index contributed by atoms with van der Waals surface area (Å²) in [7, 11) is 1.71. The van der Waals surface area contributed by atoms with Gasteiger partial charge in [0.2, 0.25) is 5.91 Å². The number of thioether (sulfide) groups is 1. The molecule has 1 fully saturated rings. The molecule has 1 aromatic heterocycles. The molecule has 5 nitrogen and oxygen atoms in total. The van der Waals surface area contributed by atoms with Crippen LogP contribution in [0.3, 0.4) is 0 Å². The van der Waals surface area contributed by atoms with Gasteiger partial charge >= 0.3 is 0 Å². The first-order chi connectivity index (χ1) is 10.8. The van der Waals surface area contributed by atoms with Gasteiger partial charge in [0.15, 0.2) is 5.58 Å². The van der Waals surface area contributed by atoms with Gasteiger partial charge in [-0.25, -0.2) is 4.98 Å². The summed E-state index contributed by atoms with van der Waals surface area (Å²) >= 11 is 1.36. The number of methoxy groups -OCH3 is 1. The van der Waals surface area contributed by atoms with E-state index in [0.29, 0.717) is 16.9 Å². The molecule has 1 unspecified atom stereocenters. The molecule has 6 heteroatoms. The number of benzene rings is 1. The highest BCUT2D eigenvalue weighted by Gasteiger charge is 2.23. The van der Waals surface area contributed by atoms with Crippen molar-refractivity contribution in [2.75, 3.05) is 32.6 Å². The molecule has 1 aliphatic rings. The fourth-order valence-corrected chi connectivity index (χ4v) is 3.53. The quantitative estimate of drug-likeness (QED) is 0.793. The molecule has 0 aliphatic carbocycles. The number of nitrogens with zero attached hydrogens (tertiary/aromatic N) is 2. The first kappa shape index (κ1) is 15.4. The molecule has 0 radical (unpaired) electrons. The zero-order valence-electron chi connectivity index (χ0n) is 12.7. The standard InChI is InChI=1S/C16H20N2O3S/c1-20-10-12-5-4-8-18(9-12)15(19)11-22-16-17-13-6-2-3-7-14(13)21-16/h2-3,6-7,12H,4-5,8-11H2,1H3. The van der Waals surface area contributed by atoms with Crippen LogP contribution in [0.1, 0.15) is 12.8 Å². The Kier molecular flexibility index (Phi) is 5.00. The summed E-state index contributed by atoms with van der Waals surface area (Å²) in [5, 5.41) is 0.556. The van der Waals surface area contributed by atoms with Crippen LogP contribution >= 0.6 is 11.8 Å². The molecule has 0 bridgehead atoms. The second-order valence-corrected chi connectivity index (χ2v) is 6.47. The second-order valence-electron chi connectivity index (χ2n) is 5.54. The summed E-state index contributed by atoms with van der Waals surface area (Å²) < 4.78 is 10.8. The third-order valence-electron chi connectivity index (χ3n) is 3.87. The minimum atomic E-state index is 0.146. The number of para-hydroxylation sites is 2. The number of piperidine rings is 1. The molecule has 2 heterocycles. The number of fused-ring (bicyclic) bond motifs is 1. The van der Waals surface area contributed by atoms with Crippen molar-refractivity contribution < 1.29 is 13.9 Å². The van der Waals surface area contributed by atoms with Crippen molar-refractivity contribution in [3.8, 4) is 0 Å². The van der Waals surface area contributed by atoms with Crippen molar-refractivity contribution in [2.24, 2.45) is 5.92 Å². The maximum absolute atomic E-state index is 12.3. The average Bonchev–Trinajstić information content (AvgIpc) is 2.96. The van der Waals surface area contributed by atoms with Crippen LogP contribution in [-0.4, -0.2) is 48.4 Å². The lowest BCUT2D eigenvalue weighted by Crippen LogP contribution is -2.42. The van der Waals surface area contributed by atoms with Gasteiger partial charge in [0, 0.05) is 20.2 Å². The molecule has 3 rings (SSSR count). The fraction of sp³-hybridized carbons (Fsp3) is 0.500. The molecule has 2 aromatic rings. The monoisotopic (exact) mass is 320 g/mol. The van der Waals surface area contributed by atoms with Crippen LogP contribution in [0.2, 0.25) is 0 Å². The third-order valence-corrected chi connectivity index (χ3v) is 4.68. The lowest BCUT2D eigenvalue weighted by atomic mass is 9.99. The largest absolute Gasteiger partial charge is 0.431 e. The number of ether oxygens (including phenoxy) is 1. The molecule has 1 saturated heterocycles. The number of hydrogen-bond acceptors (Lipinski definition) is 5. The van der Waals surface area contributed by atoms with E-state index in [1.165, 1.54) is 11.8 Å². The van der Waals surface area contributed by atoms with Crippen molar-refractivity contribution >= 4 is 28.8 Å². The summed E-state index contributed by atoms with van der Waals surface area (Å²) in [6, 6.07) is 7.63. The van der Waals surface area contributed by atoms with Gasteiger partial charge in [-0.05, 0) is 30.9 Å². The lowest BCUT2D eigenvalue weighted by molar-refractivity contribution is -0.130. The molecular weight excluding hydrogens is 300 g/mol. The smallest absolute Gasteiger partial charge is 0.257 e. The van der Waals surface area contributed by atoms with Crippen LogP contribution in [0.15, 0.2) is 33.9 Å². The van der Waals surface area contributed by atoms with E-state index in [-0.39, 0.29) is 5.91 Å². The number of hydrogen-bond donors (Lipinski definition) is 0. The maximum atomic E-state index is 12.3. The zero-order chi connectivity index (χ0) is 15.4. The second kappa shape index (κ2) is 7.15. The topological polar surface area (TPSA) is 55.6 Å². The molecule has 0 N–H and O–H groups in total. The number of carbonyl (C=O) groups excluding carboxylic acids is 1. The lowest BCUT2D eigenvalue weighted by Gasteiger charge is -2.32. The molecule has 0 spiro atoms. The van der Waals surface area contributed by atoms with Gasteiger partial charge < -0.3 is 14.1 Å². The summed E-state index contributed by atoms with van der Waals surface area (Å²) in [5.41, 5.74) is 1.59. The predicted molar refractivity (Wildman–Crippen MR) is 85.9 cm³/mol. The summed E-state index contributed by atoms with van der Waals surface area (Å²) in [5.74, 6) is 0.970. The van der Waals surface area contributed by atoms with E-state index in [2.05, 4.69) is 4.98 Å². The van der Waals surface area contributed by atoms with Crippen LogP contribution in [0, 0.1) is 5.92 Å². The van der Waals surface area contributed by atoms with E-state index >= 15 is 0 Å².